The highest BCUT2D eigenvalue weighted by molar-refractivity contribution is 5.93. The molecule has 5 nitrogen and oxygen atoms in total. The van der Waals surface area contributed by atoms with Crippen LogP contribution in [0.25, 0.3) is 0 Å². The minimum atomic E-state index is -0.464. The number of H-pyrrole nitrogens is 1. The monoisotopic (exact) mass is 339 g/mol. The summed E-state index contributed by atoms with van der Waals surface area (Å²) in [4.78, 5) is 31.5. The van der Waals surface area contributed by atoms with Crippen LogP contribution < -0.4 is 10.9 Å². The topological polar surface area (TPSA) is 74.8 Å². The largest absolute Gasteiger partial charge is 0.355 e. The number of amides is 1. The molecule has 0 spiro atoms. The summed E-state index contributed by atoms with van der Waals surface area (Å²) in [6, 6.07) is 9.69. The van der Waals surface area contributed by atoms with E-state index in [0.717, 1.165) is 12.0 Å². The van der Waals surface area contributed by atoms with Gasteiger partial charge in [0.1, 0.15) is 5.82 Å². The van der Waals surface area contributed by atoms with E-state index < -0.39 is 5.41 Å². The molecule has 2 N–H and O–H groups in total. The highest BCUT2D eigenvalue weighted by Gasteiger charge is 2.66. The predicted octanol–water partition coefficient (Wildman–Crippen LogP) is 2.41. The van der Waals surface area contributed by atoms with E-state index in [2.05, 4.69) is 53.4 Å². The molecule has 0 unspecified atom stereocenters. The van der Waals surface area contributed by atoms with Crippen molar-refractivity contribution in [2.24, 2.45) is 5.41 Å². The van der Waals surface area contributed by atoms with Crippen molar-refractivity contribution >= 4 is 5.91 Å². The number of aromatic nitrogens is 2. The molecule has 1 aromatic heterocycles. The van der Waals surface area contributed by atoms with Crippen LogP contribution in [-0.4, -0.2) is 22.4 Å². The Morgan fingerprint density at radius 2 is 1.88 bits per heavy atom. The van der Waals surface area contributed by atoms with Gasteiger partial charge < -0.3 is 10.3 Å². The third kappa shape index (κ3) is 3.23. The Balaban J connectivity index is 1.70. The van der Waals surface area contributed by atoms with Crippen LogP contribution in [0.2, 0.25) is 0 Å². The molecule has 132 valence electrons. The smallest absolute Gasteiger partial charge is 0.251 e. The summed E-state index contributed by atoms with van der Waals surface area (Å²) in [6.45, 7) is 8.55. The molecule has 1 heterocycles. The zero-order chi connectivity index (χ0) is 18.2. The summed E-state index contributed by atoms with van der Waals surface area (Å²) in [7, 11) is 0. The Hall–Kier alpha value is -2.43. The molecule has 0 bridgehead atoms. The summed E-state index contributed by atoms with van der Waals surface area (Å²) < 4.78 is 0. The van der Waals surface area contributed by atoms with Crippen LogP contribution in [0.5, 0.6) is 0 Å². The van der Waals surface area contributed by atoms with Gasteiger partial charge in [0.15, 0.2) is 0 Å². The maximum absolute atomic E-state index is 12.9. The van der Waals surface area contributed by atoms with Crippen LogP contribution in [-0.2, 0) is 16.6 Å². The van der Waals surface area contributed by atoms with Gasteiger partial charge in [-0.3, -0.25) is 9.59 Å². The Kier molecular flexibility index (Phi) is 4.27. The first-order valence-corrected chi connectivity index (χ1v) is 8.67. The van der Waals surface area contributed by atoms with Gasteiger partial charge in [-0.15, -0.1) is 0 Å². The van der Waals surface area contributed by atoms with Crippen LogP contribution in [0.1, 0.15) is 42.9 Å². The average Bonchev–Trinajstić information content (AvgIpc) is 3.11. The fourth-order valence-corrected chi connectivity index (χ4v) is 3.67. The van der Waals surface area contributed by atoms with Gasteiger partial charge in [-0.05, 0) is 31.2 Å². The van der Waals surface area contributed by atoms with Gasteiger partial charge in [0.05, 0.1) is 5.41 Å². The van der Waals surface area contributed by atoms with Crippen LogP contribution in [0.4, 0.5) is 0 Å². The molecule has 1 fully saturated rings. The molecule has 0 radical (unpaired) electrons. The lowest BCUT2D eigenvalue weighted by atomic mass is 9.86. The normalized spacial score (nSPS) is 21.0. The lowest BCUT2D eigenvalue weighted by molar-refractivity contribution is -0.124. The molecule has 1 amide bonds. The zero-order valence-electron chi connectivity index (χ0n) is 15.3. The fraction of sp³-hybridized carbons (Fsp3) is 0.450. The Bertz CT molecular complexity index is 852. The molecule has 0 saturated heterocycles. The summed E-state index contributed by atoms with van der Waals surface area (Å²) in [5, 5.41) is 3.04. The van der Waals surface area contributed by atoms with Crippen molar-refractivity contribution in [3.8, 4) is 0 Å². The Morgan fingerprint density at radius 3 is 2.44 bits per heavy atom. The molecule has 1 aliphatic rings. The summed E-state index contributed by atoms with van der Waals surface area (Å²) in [6.07, 6.45) is 1.35. The van der Waals surface area contributed by atoms with Gasteiger partial charge in [0.2, 0.25) is 5.91 Å². The highest BCUT2D eigenvalue weighted by Crippen LogP contribution is 2.64. The highest BCUT2D eigenvalue weighted by atomic mass is 16.2. The maximum atomic E-state index is 12.9. The van der Waals surface area contributed by atoms with Crippen LogP contribution in [0.3, 0.4) is 0 Å². The van der Waals surface area contributed by atoms with E-state index in [-0.39, 0.29) is 16.9 Å². The van der Waals surface area contributed by atoms with Gasteiger partial charge in [-0.2, -0.15) is 0 Å². The third-order valence-corrected chi connectivity index (χ3v) is 5.24. The van der Waals surface area contributed by atoms with Crippen molar-refractivity contribution < 1.29 is 4.79 Å². The molecule has 2 aromatic rings. The van der Waals surface area contributed by atoms with Crippen molar-refractivity contribution in [2.75, 3.05) is 6.54 Å². The van der Waals surface area contributed by atoms with Gasteiger partial charge in [0.25, 0.3) is 5.56 Å². The average molecular weight is 339 g/mol. The van der Waals surface area contributed by atoms with E-state index in [1.807, 2.05) is 6.92 Å². The Labute approximate surface area is 147 Å². The molecule has 1 aromatic carbocycles. The van der Waals surface area contributed by atoms with Crippen LogP contribution in [0.15, 0.2) is 35.1 Å². The first-order chi connectivity index (χ1) is 11.7. The lowest BCUT2D eigenvalue weighted by Crippen LogP contribution is -2.39. The van der Waals surface area contributed by atoms with Crippen molar-refractivity contribution in [1.82, 2.24) is 15.3 Å². The van der Waals surface area contributed by atoms with E-state index >= 15 is 0 Å². The van der Waals surface area contributed by atoms with E-state index in [4.69, 9.17) is 0 Å². The standard InChI is InChI=1S/C20H25N3O2/c1-13-5-7-15(8-6-13)20(12-19(20,3)4)18(25)21-10-9-16-22-14(2)11-17(24)23-16/h5-8,11H,9-10,12H2,1-4H3,(H,21,25)(H,22,23,24)/t20-/m0/s1. The number of aromatic amines is 1. The second-order valence-corrected chi connectivity index (χ2v) is 7.67. The molecule has 25 heavy (non-hydrogen) atoms. The quantitative estimate of drug-likeness (QED) is 0.878. The molecule has 1 saturated carbocycles. The molecule has 1 aliphatic carbocycles. The Morgan fingerprint density at radius 1 is 1.24 bits per heavy atom. The molecular formula is C20H25N3O2. The van der Waals surface area contributed by atoms with E-state index in [9.17, 15) is 9.59 Å². The molecule has 3 rings (SSSR count). The van der Waals surface area contributed by atoms with Crippen LogP contribution >= 0.6 is 0 Å². The number of carbonyl (C=O) groups excluding carboxylic acids is 1. The number of nitrogens with one attached hydrogen (secondary N) is 2. The third-order valence-electron chi connectivity index (χ3n) is 5.24. The molecule has 1 atom stereocenters. The second-order valence-electron chi connectivity index (χ2n) is 7.67. The number of hydrogen-bond donors (Lipinski definition) is 2. The summed E-state index contributed by atoms with van der Waals surface area (Å²) in [5.74, 6) is 0.654. The number of carbonyl (C=O) groups is 1. The number of nitrogens with zero attached hydrogens (tertiary/aromatic N) is 1. The predicted molar refractivity (Wildman–Crippen MR) is 97.6 cm³/mol. The number of benzene rings is 1. The lowest BCUT2D eigenvalue weighted by Gasteiger charge is -2.21. The molecular weight excluding hydrogens is 314 g/mol. The van der Waals surface area contributed by atoms with E-state index in [1.54, 1.807) is 6.92 Å². The zero-order valence-corrected chi connectivity index (χ0v) is 15.3. The van der Waals surface area contributed by atoms with E-state index in [1.165, 1.54) is 11.6 Å². The second kappa shape index (κ2) is 6.14. The number of rotatable bonds is 5. The van der Waals surface area contributed by atoms with Crippen molar-refractivity contribution in [1.29, 1.82) is 0 Å². The summed E-state index contributed by atoms with van der Waals surface area (Å²) >= 11 is 0. The van der Waals surface area contributed by atoms with Crippen LogP contribution in [0, 0.1) is 19.3 Å². The SMILES string of the molecule is Cc1ccc([C@]2(C(=O)NCCc3nc(C)cc(=O)[nH]3)CC2(C)C)cc1. The van der Waals surface area contributed by atoms with Crippen molar-refractivity contribution in [3.63, 3.8) is 0 Å². The van der Waals surface area contributed by atoms with Crippen molar-refractivity contribution in [2.45, 2.75) is 46.0 Å². The first-order valence-electron chi connectivity index (χ1n) is 8.67. The van der Waals surface area contributed by atoms with Gasteiger partial charge in [-0.1, -0.05) is 43.7 Å². The minimum absolute atomic E-state index is 0.0522. The minimum Gasteiger partial charge on any atom is -0.355 e. The van der Waals surface area contributed by atoms with Crippen molar-refractivity contribution in [3.05, 3.63) is 63.3 Å². The van der Waals surface area contributed by atoms with Gasteiger partial charge >= 0.3 is 0 Å². The number of aryl methyl sites for hydroxylation is 2. The molecule has 5 heteroatoms. The van der Waals surface area contributed by atoms with Gasteiger partial charge in [-0.25, -0.2) is 4.98 Å². The maximum Gasteiger partial charge on any atom is 0.251 e. The summed E-state index contributed by atoms with van der Waals surface area (Å²) in [5.41, 5.74) is 2.27. The first kappa shape index (κ1) is 17.4. The number of hydrogen-bond acceptors (Lipinski definition) is 3. The van der Waals surface area contributed by atoms with Gasteiger partial charge in [0, 0.05) is 24.7 Å². The fourth-order valence-electron chi connectivity index (χ4n) is 3.67. The molecule has 0 aliphatic heterocycles. The van der Waals surface area contributed by atoms with E-state index in [0.29, 0.717) is 24.5 Å².